The predicted octanol–water partition coefficient (Wildman–Crippen LogP) is 3.19. The first kappa shape index (κ1) is 20.2. The summed E-state index contributed by atoms with van der Waals surface area (Å²) < 4.78 is 6.56. The fourth-order valence-corrected chi connectivity index (χ4v) is 4.85. The Morgan fingerprint density at radius 2 is 1.77 bits per heavy atom. The number of methoxy groups -OCH3 is 1. The highest BCUT2D eigenvalue weighted by Crippen LogP contribution is 2.49. The van der Waals surface area contributed by atoms with Gasteiger partial charge in [0.15, 0.2) is 17.3 Å². The number of nitrogens with zero attached hydrogens (tertiary/aromatic N) is 1. The second-order valence-corrected chi connectivity index (χ2v) is 7.82. The number of ether oxygens (including phenoxy) is 1. The molecule has 0 bridgehead atoms. The lowest BCUT2D eigenvalue weighted by molar-refractivity contribution is 0.0986. The van der Waals surface area contributed by atoms with Crippen LogP contribution in [0.5, 0.6) is 17.2 Å². The molecule has 0 unspecified atom stereocenters. The molecule has 0 amide bonds. The van der Waals surface area contributed by atoms with E-state index in [2.05, 4.69) is 0 Å². The van der Waals surface area contributed by atoms with E-state index in [1.807, 2.05) is 6.92 Å². The van der Waals surface area contributed by atoms with Crippen molar-refractivity contribution in [1.82, 2.24) is 4.57 Å². The first-order valence-corrected chi connectivity index (χ1v) is 9.98. The molecule has 0 spiro atoms. The molecule has 30 heavy (non-hydrogen) atoms. The van der Waals surface area contributed by atoms with Gasteiger partial charge >= 0.3 is 0 Å². The van der Waals surface area contributed by atoms with Crippen LogP contribution in [0.4, 0.5) is 0 Å². The van der Waals surface area contributed by atoms with Crippen molar-refractivity contribution in [2.24, 2.45) is 7.05 Å². The van der Waals surface area contributed by atoms with Crippen molar-refractivity contribution in [2.45, 2.75) is 32.6 Å². The van der Waals surface area contributed by atoms with E-state index >= 15 is 0 Å². The maximum Gasteiger partial charge on any atom is 0.262 e. The second kappa shape index (κ2) is 7.02. The van der Waals surface area contributed by atoms with Crippen molar-refractivity contribution in [3.8, 4) is 17.2 Å². The molecule has 1 aromatic carbocycles. The van der Waals surface area contributed by atoms with Crippen molar-refractivity contribution in [3.05, 3.63) is 55.0 Å². The van der Waals surface area contributed by atoms with Gasteiger partial charge < -0.3 is 19.5 Å². The van der Waals surface area contributed by atoms with Crippen LogP contribution in [0.15, 0.2) is 16.4 Å². The van der Waals surface area contributed by atoms with E-state index in [4.69, 9.17) is 16.3 Å². The first-order chi connectivity index (χ1) is 14.2. The smallest absolute Gasteiger partial charge is 0.262 e. The van der Waals surface area contributed by atoms with Gasteiger partial charge in [-0.2, -0.15) is 0 Å². The van der Waals surface area contributed by atoms with E-state index in [1.165, 1.54) is 18.7 Å². The van der Waals surface area contributed by atoms with Crippen LogP contribution in [0, 0.1) is 0 Å². The van der Waals surface area contributed by atoms with Crippen LogP contribution in [0.25, 0.3) is 5.57 Å². The van der Waals surface area contributed by atoms with Crippen LogP contribution in [-0.4, -0.2) is 33.5 Å². The average Bonchev–Trinajstić information content (AvgIpc) is 2.71. The Labute approximate surface area is 177 Å². The minimum Gasteiger partial charge on any atom is -0.507 e. The molecule has 7 nitrogen and oxygen atoms in total. The number of carbonyl (C=O) groups excluding carboxylic acids is 2. The largest absolute Gasteiger partial charge is 0.507 e. The molecule has 0 fully saturated rings. The van der Waals surface area contributed by atoms with Gasteiger partial charge in [0, 0.05) is 41.1 Å². The molecule has 4 rings (SSSR count). The van der Waals surface area contributed by atoms with Crippen LogP contribution in [0.2, 0.25) is 5.02 Å². The van der Waals surface area contributed by atoms with Gasteiger partial charge in [0.05, 0.1) is 17.7 Å². The van der Waals surface area contributed by atoms with E-state index < -0.39 is 17.1 Å². The van der Waals surface area contributed by atoms with Gasteiger partial charge in [-0.15, -0.1) is 0 Å². The Balaban J connectivity index is 2.06. The molecule has 2 aliphatic carbocycles. The quantitative estimate of drug-likeness (QED) is 0.776. The molecule has 8 heteroatoms. The number of aromatic hydroxyl groups is 2. The summed E-state index contributed by atoms with van der Waals surface area (Å²) in [6, 6.07) is 1.07. The fourth-order valence-electron chi connectivity index (χ4n) is 4.45. The lowest BCUT2D eigenvalue weighted by Crippen LogP contribution is -2.36. The number of aromatic nitrogens is 1. The second-order valence-electron chi connectivity index (χ2n) is 7.44. The number of rotatable bonds is 3. The Morgan fingerprint density at radius 1 is 1.07 bits per heavy atom. The number of pyridine rings is 1. The minimum absolute atomic E-state index is 0.0269. The summed E-state index contributed by atoms with van der Waals surface area (Å²) in [5.41, 5.74) is 0.293. The summed E-state index contributed by atoms with van der Waals surface area (Å²) in [5, 5.41) is 20.7. The summed E-state index contributed by atoms with van der Waals surface area (Å²) in [6.07, 6.45) is 1.68. The number of allylic oxidation sites excluding steroid dienone is 2. The zero-order valence-electron chi connectivity index (χ0n) is 16.8. The molecule has 0 saturated carbocycles. The number of phenolic OH excluding ortho intramolecular Hbond substituents is 2. The highest BCUT2D eigenvalue weighted by atomic mass is 35.5. The molecule has 1 heterocycles. The molecular weight excluding hydrogens is 410 g/mol. The van der Waals surface area contributed by atoms with Crippen molar-refractivity contribution in [1.29, 1.82) is 0 Å². The molecule has 2 N–H and O–H groups in total. The summed E-state index contributed by atoms with van der Waals surface area (Å²) >= 11 is 6.52. The van der Waals surface area contributed by atoms with Gasteiger partial charge in [-0.3, -0.25) is 14.4 Å². The predicted molar refractivity (Wildman–Crippen MR) is 111 cm³/mol. The van der Waals surface area contributed by atoms with Crippen molar-refractivity contribution >= 4 is 28.7 Å². The third-order valence-electron chi connectivity index (χ3n) is 5.81. The molecule has 1 aromatic heterocycles. The van der Waals surface area contributed by atoms with E-state index in [9.17, 15) is 24.6 Å². The number of phenols is 2. The van der Waals surface area contributed by atoms with Gasteiger partial charge in [0.25, 0.3) is 5.56 Å². The Hall–Kier alpha value is -3.06. The molecule has 156 valence electrons. The molecule has 0 atom stereocenters. The average molecular weight is 430 g/mol. The summed E-state index contributed by atoms with van der Waals surface area (Å²) in [5.74, 6) is -1.63. The van der Waals surface area contributed by atoms with Crippen molar-refractivity contribution in [3.63, 3.8) is 0 Å². The molecule has 0 saturated heterocycles. The lowest BCUT2D eigenvalue weighted by Gasteiger charge is -2.29. The third kappa shape index (κ3) is 2.55. The van der Waals surface area contributed by atoms with Crippen molar-refractivity contribution in [2.75, 3.05) is 7.11 Å². The van der Waals surface area contributed by atoms with Crippen molar-refractivity contribution < 1.29 is 24.5 Å². The van der Waals surface area contributed by atoms with Crippen LogP contribution in [-0.2, 0) is 19.9 Å². The summed E-state index contributed by atoms with van der Waals surface area (Å²) in [6.45, 7) is 1.93. The van der Waals surface area contributed by atoms with Gasteiger partial charge in [-0.25, -0.2) is 0 Å². The standard InChI is InChI=1S/C22H20ClNO6/c1-4-5-11-18(23)16-17(22(29)24(11)2)20(28)15-9(19(16)27)6-7-10-14(15)12(25)8-13(26)21(10)30-3/h8,25-26H,4-7H2,1-3H3. The van der Waals surface area contributed by atoms with Gasteiger partial charge in [0.1, 0.15) is 11.3 Å². The van der Waals surface area contributed by atoms with Crippen LogP contribution >= 0.6 is 11.6 Å². The van der Waals surface area contributed by atoms with Gasteiger partial charge in [-0.05, 0) is 19.3 Å². The molecular formula is C22H20ClNO6. The number of ketones is 2. The maximum atomic E-state index is 13.5. The van der Waals surface area contributed by atoms with Gasteiger partial charge in [0.2, 0.25) is 5.78 Å². The molecule has 2 aliphatic rings. The zero-order chi connectivity index (χ0) is 21.9. The van der Waals surface area contributed by atoms with E-state index in [0.717, 1.165) is 6.07 Å². The number of benzene rings is 1. The summed E-state index contributed by atoms with van der Waals surface area (Å²) in [4.78, 5) is 39.9. The molecule has 0 aliphatic heterocycles. The molecule has 0 radical (unpaired) electrons. The minimum atomic E-state index is -0.658. The number of hydrogen-bond donors (Lipinski definition) is 2. The highest BCUT2D eigenvalue weighted by Gasteiger charge is 2.42. The van der Waals surface area contributed by atoms with E-state index in [-0.39, 0.29) is 62.9 Å². The Bertz CT molecular complexity index is 1240. The van der Waals surface area contributed by atoms with Crippen LogP contribution < -0.4 is 10.3 Å². The first-order valence-electron chi connectivity index (χ1n) is 9.60. The number of carbonyl (C=O) groups is 2. The summed E-state index contributed by atoms with van der Waals surface area (Å²) in [7, 11) is 2.89. The SMILES string of the molecule is CCCc1c(Cl)c2c(c(=O)n1C)C(=O)C1=C(CCc3c(OC)c(O)cc(O)c31)C2=O. The lowest BCUT2D eigenvalue weighted by atomic mass is 9.74. The molecule has 2 aromatic rings. The number of hydrogen-bond acceptors (Lipinski definition) is 6. The third-order valence-corrected chi connectivity index (χ3v) is 6.21. The number of Topliss-reactive ketones (excluding diaryl/α,β-unsaturated/α-hetero) is 2. The highest BCUT2D eigenvalue weighted by molar-refractivity contribution is 6.45. The number of halogens is 1. The van der Waals surface area contributed by atoms with Crippen LogP contribution in [0.3, 0.4) is 0 Å². The number of fused-ring (bicyclic) bond motifs is 3. The maximum absolute atomic E-state index is 13.5. The zero-order valence-corrected chi connectivity index (χ0v) is 17.5. The Kier molecular flexibility index (Phi) is 4.73. The van der Waals surface area contributed by atoms with E-state index in [1.54, 1.807) is 0 Å². The van der Waals surface area contributed by atoms with E-state index in [0.29, 0.717) is 24.1 Å². The topological polar surface area (TPSA) is 106 Å². The van der Waals surface area contributed by atoms with Gasteiger partial charge in [-0.1, -0.05) is 24.9 Å². The monoisotopic (exact) mass is 429 g/mol. The Morgan fingerprint density at radius 3 is 2.40 bits per heavy atom. The van der Waals surface area contributed by atoms with Crippen LogP contribution in [0.1, 0.15) is 57.3 Å². The fraction of sp³-hybridized carbons (Fsp3) is 0.318. The normalized spacial score (nSPS) is 15.1.